The Balaban J connectivity index is 1.18. The summed E-state index contributed by atoms with van der Waals surface area (Å²) in [7, 11) is 2.16. The molecule has 0 radical (unpaired) electrons. The van der Waals surface area contributed by atoms with Crippen LogP contribution in [-0.2, 0) is 6.54 Å². The van der Waals surface area contributed by atoms with E-state index in [4.69, 9.17) is 0 Å². The average Bonchev–Trinajstić information content (AvgIpc) is 2.95. The molecule has 0 spiro atoms. The smallest absolute Gasteiger partial charge is 0.406 e. The molecular weight excluding hydrogens is 331 g/mol. The van der Waals surface area contributed by atoms with E-state index in [1.807, 2.05) is 6.07 Å². The molecule has 2 aliphatic heterocycles. The molecule has 3 aliphatic rings. The van der Waals surface area contributed by atoms with Gasteiger partial charge in [0.2, 0.25) is 0 Å². The Morgan fingerprint density at radius 3 is 2.52 bits per heavy atom. The first-order chi connectivity index (χ1) is 11.9. The van der Waals surface area contributed by atoms with Crippen LogP contribution in [0.3, 0.4) is 0 Å². The lowest BCUT2D eigenvalue weighted by molar-refractivity contribution is -0.274. The van der Waals surface area contributed by atoms with Gasteiger partial charge in [-0.1, -0.05) is 12.1 Å². The van der Waals surface area contributed by atoms with Crippen molar-refractivity contribution in [2.24, 2.45) is 17.8 Å². The van der Waals surface area contributed by atoms with E-state index in [2.05, 4.69) is 26.9 Å². The van der Waals surface area contributed by atoms with E-state index in [0.29, 0.717) is 6.54 Å². The summed E-state index contributed by atoms with van der Waals surface area (Å²) in [6.07, 6.45) is -4.64. The minimum Gasteiger partial charge on any atom is -0.406 e. The normalized spacial score (nSPS) is 30.2. The summed E-state index contributed by atoms with van der Waals surface area (Å²) in [5.41, 5.74) is 0.812. The van der Waals surface area contributed by atoms with Crippen molar-refractivity contribution < 1.29 is 17.9 Å². The first kappa shape index (κ1) is 17.1. The zero-order valence-corrected chi connectivity index (χ0v) is 14.3. The van der Waals surface area contributed by atoms with Crippen LogP contribution in [0.5, 0.6) is 5.75 Å². The van der Waals surface area contributed by atoms with Crippen molar-refractivity contribution in [1.82, 2.24) is 15.1 Å². The second kappa shape index (κ2) is 6.45. The maximum atomic E-state index is 12.3. The maximum absolute atomic E-state index is 12.3. The summed E-state index contributed by atoms with van der Waals surface area (Å²) >= 11 is 0. The van der Waals surface area contributed by atoms with Gasteiger partial charge in [0.25, 0.3) is 0 Å². The fraction of sp³-hybridized carbons (Fsp3) is 0.667. The molecule has 2 saturated heterocycles. The molecule has 2 atom stereocenters. The topological polar surface area (TPSA) is 27.7 Å². The van der Waals surface area contributed by atoms with Crippen LogP contribution < -0.4 is 10.1 Å². The Labute approximate surface area is 145 Å². The van der Waals surface area contributed by atoms with Gasteiger partial charge in [-0.15, -0.1) is 13.2 Å². The van der Waals surface area contributed by atoms with Crippen LogP contribution in [0.15, 0.2) is 24.3 Å². The van der Waals surface area contributed by atoms with Crippen LogP contribution in [0, 0.1) is 17.8 Å². The zero-order chi connectivity index (χ0) is 17.6. The average molecular weight is 355 g/mol. The van der Waals surface area contributed by atoms with Crippen LogP contribution in [0.2, 0.25) is 0 Å². The van der Waals surface area contributed by atoms with Gasteiger partial charge < -0.3 is 15.0 Å². The SMILES string of the molecule is CN1CC(N2CC3C(CNCc4cccc(OC(F)(F)F)c4)C3C2)C1. The van der Waals surface area contributed by atoms with E-state index < -0.39 is 6.36 Å². The molecule has 7 heteroatoms. The number of nitrogens with one attached hydrogen (secondary N) is 1. The van der Waals surface area contributed by atoms with Crippen molar-refractivity contribution in [2.45, 2.75) is 18.9 Å². The van der Waals surface area contributed by atoms with E-state index in [9.17, 15) is 13.2 Å². The highest BCUT2D eigenvalue weighted by atomic mass is 19.4. The van der Waals surface area contributed by atoms with Crippen molar-refractivity contribution in [3.05, 3.63) is 29.8 Å². The second-order valence-electron chi connectivity index (χ2n) is 7.65. The number of alkyl halides is 3. The molecule has 1 aromatic rings. The van der Waals surface area contributed by atoms with Crippen molar-refractivity contribution in [2.75, 3.05) is 39.8 Å². The Morgan fingerprint density at radius 1 is 1.16 bits per heavy atom. The van der Waals surface area contributed by atoms with Crippen molar-refractivity contribution >= 4 is 0 Å². The minimum absolute atomic E-state index is 0.156. The standard InChI is InChI=1S/C18H24F3N3O/c1-23-8-13(9-23)24-10-16-15(17(16)11-24)7-22-6-12-3-2-4-14(5-12)25-18(19,20)21/h2-5,13,15-17,22H,6-11H2,1H3. The number of halogens is 3. The highest BCUT2D eigenvalue weighted by Gasteiger charge is 2.56. The van der Waals surface area contributed by atoms with Crippen LogP contribution in [-0.4, -0.2) is 62.0 Å². The van der Waals surface area contributed by atoms with Crippen LogP contribution >= 0.6 is 0 Å². The summed E-state index contributed by atoms with van der Waals surface area (Å²) in [6.45, 7) is 6.33. The van der Waals surface area contributed by atoms with Gasteiger partial charge in [0, 0.05) is 38.8 Å². The summed E-state index contributed by atoms with van der Waals surface area (Å²) in [5, 5.41) is 3.40. The Bertz CT molecular complexity index is 606. The van der Waals surface area contributed by atoms with Crippen molar-refractivity contribution in [3.8, 4) is 5.75 Å². The van der Waals surface area contributed by atoms with Gasteiger partial charge in [0.05, 0.1) is 0 Å². The molecule has 138 valence electrons. The second-order valence-corrected chi connectivity index (χ2v) is 7.65. The lowest BCUT2D eigenvalue weighted by Gasteiger charge is -2.42. The molecular formula is C18H24F3N3O. The molecule has 2 heterocycles. The van der Waals surface area contributed by atoms with Gasteiger partial charge in [0.15, 0.2) is 0 Å². The predicted molar refractivity (Wildman–Crippen MR) is 88.2 cm³/mol. The van der Waals surface area contributed by atoms with E-state index in [-0.39, 0.29) is 5.75 Å². The third kappa shape index (κ3) is 3.93. The largest absolute Gasteiger partial charge is 0.573 e. The number of ether oxygens (including phenoxy) is 1. The van der Waals surface area contributed by atoms with Gasteiger partial charge in [0.1, 0.15) is 5.75 Å². The molecule has 25 heavy (non-hydrogen) atoms. The molecule has 0 aromatic heterocycles. The Kier molecular flexibility index (Phi) is 4.42. The van der Waals surface area contributed by atoms with Crippen LogP contribution in [0.1, 0.15) is 5.56 Å². The molecule has 1 aromatic carbocycles. The van der Waals surface area contributed by atoms with Gasteiger partial charge in [-0.05, 0) is 49.0 Å². The quantitative estimate of drug-likeness (QED) is 0.847. The first-order valence-corrected chi connectivity index (χ1v) is 8.87. The molecule has 0 bridgehead atoms. The third-order valence-corrected chi connectivity index (χ3v) is 5.80. The van der Waals surface area contributed by atoms with E-state index >= 15 is 0 Å². The number of hydrogen-bond donors (Lipinski definition) is 1. The lowest BCUT2D eigenvalue weighted by atomic mass is 10.1. The molecule has 4 rings (SSSR count). The maximum Gasteiger partial charge on any atom is 0.573 e. The fourth-order valence-corrected chi connectivity index (χ4v) is 4.42. The fourth-order valence-electron chi connectivity index (χ4n) is 4.42. The number of piperidine rings is 1. The molecule has 2 unspecified atom stereocenters. The molecule has 3 fully saturated rings. The van der Waals surface area contributed by atoms with E-state index in [1.54, 1.807) is 6.07 Å². The van der Waals surface area contributed by atoms with Crippen LogP contribution in [0.4, 0.5) is 13.2 Å². The zero-order valence-electron chi connectivity index (χ0n) is 14.3. The Morgan fingerprint density at radius 2 is 1.88 bits per heavy atom. The molecule has 1 aliphatic carbocycles. The number of nitrogens with zero attached hydrogens (tertiary/aromatic N) is 2. The summed E-state index contributed by atoms with van der Waals surface area (Å²) in [6, 6.07) is 6.94. The van der Waals surface area contributed by atoms with Crippen molar-refractivity contribution in [1.29, 1.82) is 0 Å². The number of rotatable bonds is 6. The van der Waals surface area contributed by atoms with Gasteiger partial charge in [-0.25, -0.2) is 0 Å². The number of likely N-dealkylation sites (tertiary alicyclic amines) is 2. The summed E-state index contributed by atoms with van der Waals surface area (Å²) in [5.74, 6) is 2.18. The van der Waals surface area contributed by atoms with E-state index in [1.165, 1.54) is 38.3 Å². The van der Waals surface area contributed by atoms with Gasteiger partial charge in [-0.2, -0.15) is 0 Å². The summed E-state index contributed by atoms with van der Waals surface area (Å²) in [4.78, 5) is 4.98. The molecule has 1 saturated carbocycles. The number of likely N-dealkylation sites (N-methyl/N-ethyl adjacent to an activating group) is 1. The third-order valence-electron chi connectivity index (χ3n) is 5.80. The lowest BCUT2D eigenvalue weighted by Crippen LogP contribution is -2.57. The first-order valence-electron chi connectivity index (χ1n) is 8.87. The monoisotopic (exact) mass is 355 g/mol. The van der Waals surface area contributed by atoms with Crippen molar-refractivity contribution in [3.63, 3.8) is 0 Å². The number of hydrogen-bond acceptors (Lipinski definition) is 4. The highest BCUT2D eigenvalue weighted by Crippen LogP contribution is 2.52. The van der Waals surface area contributed by atoms with Crippen LogP contribution in [0.25, 0.3) is 0 Å². The molecule has 0 amide bonds. The molecule has 1 N–H and O–H groups in total. The van der Waals surface area contributed by atoms with Gasteiger partial charge in [-0.3, -0.25) is 4.90 Å². The number of fused-ring (bicyclic) bond motifs is 1. The van der Waals surface area contributed by atoms with Gasteiger partial charge >= 0.3 is 6.36 Å². The minimum atomic E-state index is -4.64. The Hall–Kier alpha value is -1.31. The number of benzene rings is 1. The molecule has 4 nitrogen and oxygen atoms in total. The predicted octanol–water partition coefficient (Wildman–Crippen LogP) is 2.17. The summed E-state index contributed by atoms with van der Waals surface area (Å²) < 4.78 is 40.8. The van der Waals surface area contributed by atoms with E-state index in [0.717, 1.165) is 35.9 Å². The highest BCUT2D eigenvalue weighted by molar-refractivity contribution is 5.28.